The molecule has 6 nitrogen and oxygen atoms in total. The van der Waals surface area contributed by atoms with Gasteiger partial charge in [0.25, 0.3) is 0 Å². The predicted octanol–water partition coefficient (Wildman–Crippen LogP) is 1.51. The largest absolute Gasteiger partial charge is 0.481 e. The third-order valence-corrected chi connectivity index (χ3v) is 2.76. The van der Waals surface area contributed by atoms with Crippen molar-refractivity contribution < 1.29 is 24.6 Å². The highest BCUT2D eigenvalue weighted by atomic mass is 79.9. The minimum atomic E-state index is -1.45. The second-order valence-electron chi connectivity index (χ2n) is 3.89. The van der Waals surface area contributed by atoms with Crippen molar-refractivity contribution >= 4 is 39.9 Å². The Morgan fingerprint density at radius 1 is 1.30 bits per heavy atom. The molecule has 0 aliphatic carbocycles. The molecule has 106 valence electrons. The second kappa shape index (κ2) is 7.44. The molecule has 20 heavy (non-hydrogen) atoms. The Morgan fingerprint density at radius 3 is 2.55 bits per heavy atom. The average Bonchev–Trinajstić information content (AvgIpc) is 2.35. The number of carboxylic acids is 2. The highest BCUT2D eigenvalue weighted by Gasteiger charge is 2.21. The van der Waals surface area contributed by atoms with E-state index >= 15 is 0 Å². The van der Waals surface area contributed by atoms with Crippen molar-refractivity contribution in [3.63, 3.8) is 0 Å². The van der Waals surface area contributed by atoms with E-state index in [0.717, 1.165) is 16.1 Å². The van der Waals surface area contributed by atoms with Crippen molar-refractivity contribution in [2.24, 2.45) is 0 Å². The zero-order valence-corrected chi connectivity index (χ0v) is 11.8. The summed E-state index contributed by atoms with van der Waals surface area (Å²) in [5.74, 6) is -3.36. The monoisotopic (exact) mass is 341 g/mol. The molecule has 0 heterocycles. The molecular weight excluding hydrogens is 330 g/mol. The first-order valence-corrected chi connectivity index (χ1v) is 6.36. The van der Waals surface area contributed by atoms with Crippen LogP contribution in [-0.4, -0.2) is 34.1 Å². The van der Waals surface area contributed by atoms with E-state index in [9.17, 15) is 14.4 Å². The van der Waals surface area contributed by atoms with Crippen LogP contribution in [0.4, 0.5) is 0 Å². The minimum Gasteiger partial charge on any atom is -0.481 e. The van der Waals surface area contributed by atoms with Gasteiger partial charge in [-0.1, -0.05) is 28.1 Å². The number of carbonyl (C=O) groups is 3. The van der Waals surface area contributed by atoms with Gasteiger partial charge in [-0.15, -0.1) is 0 Å². The number of hydrogen-bond acceptors (Lipinski definition) is 3. The molecule has 7 heteroatoms. The Kier molecular flexibility index (Phi) is 5.92. The molecule has 1 amide bonds. The van der Waals surface area contributed by atoms with E-state index in [-0.39, 0.29) is 0 Å². The lowest BCUT2D eigenvalue weighted by molar-refractivity contribution is -0.146. The number of hydrogen-bond donors (Lipinski definition) is 3. The molecule has 1 atom stereocenters. The van der Waals surface area contributed by atoms with Crippen molar-refractivity contribution in [3.05, 3.63) is 40.4 Å². The molecule has 0 saturated carbocycles. The van der Waals surface area contributed by atoms with Crippen molar-refractivity contribution in [2.45, 2.75) is 12.5 Å². The molecule has 0 radical (unpaired) electrons. The molecule has 1 aromatic carbocycles. The maximum Gasteiger partial charge on any atom is 0.326 e. The molecule has 0 spiro atoms. The lowest BCUT2D eigenvalue weighted by atomic mass is 10.2. The van der Waals surface area contributed by atoms with E-state index < -0.39 is 30.3 Å². The molecule has 1 aromatic rings. The van der Waals surface area contributed by atoms with Crippen LogP contribution in [0.1, 0.15) is 12.0 Å². The number of nitrogens with one attached hydrogen (secondary N) is 1. The van der Waals surface area contributed by atoms with Gasteiger partial charge in [-0.05, 0) is 23.8 Å². The van der Waals surface area contributed by atoms with Gasteiger partial charge in [-0.2, -0.15) is 0 Å². The van der Waals surface area contributed by atoms with E-state index in [1.165, 1.54) is 6.08 Å². The van der Waals surface area contributed by atoms with Crippen LogP contribution in [0.2, 0.25) is 0 Å². The first kappa shape index (κ1) is 15.9. The molecule has 0 fully saturated rings. The minimum absolute atomic E-state index is 0.668. The van der Waals surface area contributed by atoms with Gasteiger partial charge in [0.1, 0.15) is 6.04 Å². The summed E-state index contributed by atoms with van der Waals surface area (Å²) in [6.07, 6.45) is 1.98. The molecule has 1 unspecified atom stereocenters. The Balaban J connectivity index is 2.66. The van der Waals surface area contributed by atoms with E-state index in [1.54, 1.807) is 18.2 Å². The molecule has 1 rings (SSSR count). The van der Waals surface area contributed by atoms with Crippen molar-refractivity contribution in [1.29, 1.82) is 0 Å². The number of amides is 1. The van der Waals surface area contributed by atoms with Gasteiger partial charge in [0.2, 0.25) is 5.91 Å². The summed E-state index contributed by atoms with van der Waals surface area (Å²) in [4.78, 5) is 32.8. The summed E-state index contributed by atoms with van der Waals surface area (Å²) < 4.78 is 0.842. The van der Waals surface area contributed by atoms with Gasteiger partial charge in [0.05, 0.1) is 6.42 Å². The van der Waals surface area contributed by atoms with Crippen LogP contribution in [0, 0.1) is 0 Å². The SMILES string of the molecule is O=C(O)CC(NC(=O)/C=C/c1cccc(Br)c1)C(=O)O. The average molecular weight is 342 g/mol. The topological polar surface area (TPSA) is 104 Å². The van der Waals surface area contributed by atoms with Crippen LogP contribution < -0.4 is 5.32 Å². The third kappa shape index (κ3) is 5.66. The fourth-order valence-corrected chi connectivity index (χ4v) is 1.79. The fraction of sp³-hybridized carbons (Fsp3) is 0.154. The number of benzene rings is 1. The van der Waals surface area contributed by atoms with Crippen LogP contribution in [0.5, 0.6) is 0 Å². The van der Waals surface area contributed by atoms with Gasteiger partial charge < -0.3 is 15.5 Å². The lowest BCUT2D eigenvalue weighted by Crippen LogP contribution is -2.41. The zero-order valence-electron chi connectivity index (χ0n) is 10.2. The van der Waals surface area contributed by atoms with Crippen LogP contribution in [0.15, 0.2) is 34.8 Å². The van der Waals surface area contributed by atoms with Crippen LogP contribution in [-0.2, 0) is 14.4 Å². The van der Waals surface area contributed by atoms with Crippen LogP contribution in [0.3, 0.4) is 0 Å². The first-order chi connectivity index (χ1) is 9.38. The quantitative estimate of drug-likeness (QED) is 0.680. The van der Waals surface area contributed by atoms with Crippen molar-refractivity contribution in [1.82, 2.24) is 5.32 Å². The smallest absolute Gasteiger partial charge is 0.326 e. The number of carbonyl (C=O) groups excluding carboxylic acids is 1. The number of aliphatic carboxylic acids is 2. The maximum absolute atomic E-state index is 11.5. The van der Waals surface area contributed by atoms with E-state index in [1.807, 2.05) is 6.07 Å². The van der Waals surface area contributed by atoms with Crippen LogP contribution in [0.25, 0.3) is 6.08 Å². The van der Waals surface area contributed by atoms with E-state index in [4.69, 9.17) is 10.2 Å². The first-order valence-electron chi connectivity index (χ1n) is 5.57. The lowest BCUT2D eigenvalue weighted by Gasteiger charge is -2.10. The summed E-state index contributed by atoms with van der Waals surface area (Å²) in [5.41, 5.74) is 0.750. The molecule has 0 aliphatic heterocycles. The Bertz CT molecular complexity index is 555. The standard InChI is InChI=1S/C13H12BrNO5/c14-9-3-1-2-8(6-9)4-5-11(16)15-10(13(19)20)7-12(17)18/h1-6,10H,7H2,(H,15,16)(H,17,18)(H,19,20)/b5-4+. The fourth-order valence-electron chi connectivity index (χ4n) is 1.38. The number of halogens is 1. The number of carboxylic acid groups (broad SMARTS) is 2. The predicted molar refractivity (Wildman–Crippen MR) is 75.0 cm³/mol. The van der Waals surface area contributed by atoms with Gasteiger partial charge in [-0.25, -0.2) is 4.79 Å². The number of rotatable bonds is 6. The Morgan fingerprint density at radius 2 is 2.00 bits per heavy atom. The summed E-state index contributed by atoms with van der Waals surface area (Å²) in [6.45, 7) is 0. The Hall–Kier alpha value is -2.15. The van der Waals surface area contributed by atoms with Gasteiger partial charge >= 0.3 is 11.9 Å². The van der Waals surface area contributed by atoms with Gasteiger partial charge in [0, 0.05) is 10.5 Å². The summed E-state index contributed by atoms with van der Waals surface area (Å²) in [7, 11) is 0. The second-order valence-corrected chi connectivity index (χ2v) is 4.80. The summed E-state index contributed by atoms with van der Waals surface area (Å²) in [5, 5.41) is 19.4. The summed E-state index contributed by atoms with van der Waals surface area (Å²) >= 11 is 3.28. The van der Waals surface area contributed by atoms with E-state index in [2.05, 4.69) is 21.2 Å². The third-order valence-electron chi connectivity index (χ3n) is 2.27. The summed E-state index contributed by atoms with van der Waals surface area (Å²) in [6, 6.07) is 5.69. The Labute approximate surface area is 123 Å². The normalized spacial score (nSPS) is 12.1. The molecule has 0 bridgehead atoms. The van der Waals surface area contributed by atoms with Gasteiger partial charge in [-0.3, -0.25) is 9.59 Å². The van der Waals surface area contributed by atoms with Crippen molar-refractivity contribution in [3.8, 4) is 0 Å². The molecule has 0 aromatic heterocycles. The van der Waals surface area contributed by atoms with Gasteiger partial charge in [0.15, 0.2) is 0 Å². The highest BCUT2D eigenvalue weighted by molar-refractivity contribution is 9.10. The highest BCUT2D eigenvalue weighted by Crippen LogP contribution is 2.12. The van der Waals surface area contributed by atoms with Crippen LogP contribution >= 0.6 is 15.9 Å². The zero-order chi connectivity index (χ0) is 15.1. The molecule has 0 saturated heterocycles. The van der Waals surface area contributed by atoms with E-state index in [0.29, 0.717) is 0 Å². The maximum atomic E-state index is 11.5. The molecular formula is C13H12BrNO5. The van der Waals surface area contributed by atoms with Crippen molar-refractivity contribution in [2.75, 3.05) is 0 Å². The molecule has 0 aliphatic rings. The molecule has 3 N–H and O–H groups in total.